The van der Waals surface area contributed by atoms with E-state index in [0.717, 1.165) is 5.88 Å². The summed E-state index contributed by atoms with van der Waals surface area (Å²) in [6.45, 7) is 0. The molecule has 0 spiro atoms. The third-order valence-electron chi connectivity index (χ3n) is 1.19. The molecule has 0 heterocycles. The summed E-state index contributed by atoms with van der Waals surface area (Å²) in [5.41, 5.74) is 1.19. The Morgan fingerprint density at radius 3 is 2.60 bits per heavy atom. The summed E-state index contributed by atoms with van der Waals surface area (Å²) < 4.78 is 0. The Kier molecular flexibility index (Phi) is 3.16. The molecule has 0 amide bonds. The van der Waals surface area contributed by atoms with Crippen molar-refractivity contribution in [1.82, 2.24) is 0 Å². The molecular formula is C8H11NS. The van der Waals surface area contributed by atoms with Crippen LogP contribution >= 0.6 is 11.8 Å². The van der Waals surface area contributed by atoms with E-state index in [9.17, 15) is 0 Å². The van der Waals surface area contributed by atoms with Crippen LogP contribution in [-0.2, 0) is 0 Å². The molecule has 1 N–H and O–H groups in total. The summed E-state index contributed by atoms with van der Waals surface area (Å²) in [5.74, 6) is 0.976. The first kappa shape index (κ1) is 7.48. The van der Waals surface area contributed by atoms with Gasteiger partial charge in [0.15, 0.2) is 0 Å². The van der Waals surface area contributed by atoms with Gasteiger partial charge in [-0.25, -0.2) is 0 Å². The molecule has 0 aliphatic heterocycles. The molecule has 2 heteroatoms. The molecule has 0 atom stereocenters. The highest BCUT2D eigenvalue weighted by Crippen LogP contribution is 2.05. The topological polar surface area (TPSA) is 12.0 Å². The first-order valence-electron chi connectivity index (χ1n) is 3.21. The average Bonchev–Trinajstić information content (AvgIpc) is 2.03. The third-order valence-corrected chi connectivity index (χ3v) is 1.63. The van der Waals surface area contributed by atoms with Gasteiger partial charge in [-0.05, 0) is 18.4 Å². The number of para-hydroxylation sites is 1. The lowest BCUT2D eigenvalue weighted by Crippen LogP contribution is -1.94. The van der Waals surface area contributed by atoms with E-state index in [4.69, 9.17) is 0 Å². The Hall–Kier alpha value is -0.630. The molecule has 0 aromatic heterocycles. The molecule has 0 bridgehead atoms. The monoisotopic (exact) mass is 153 g/mol. The van der Waals surface area contributed by atoms with Crippen molar-refractivity contribution in [3.05, 3.63) is 30.3 Å². The number of hydrogen-bond acceptors (Lipinski definition) is 2. The molecule has 1 aromatic carbocycles. The Morgan fingerprint density at radius 1 is 1.30 bits per heavy atom. The standard InChI is InChI=1S/C8H11NS/c1-10-7-9-8-5-3-2-4-6-8/h2-6,9H,7H2,1H3. The molecular weight excluding hydrogens is 142 g/mol. The van der Waals surface area contributed by atoms with Crippen LogP contribution < -0.4 is 5.32 Å². The molecule has 0 radical (unpaired) electrons. The summed E-state index contributed by atoms with van der Waals surface area (Å²) in [5, 5.41) is 3.26. The van der Waals surface area contributed by atoms with Crippen molar-refractivity contribution >= 4 is 17.4 Å². The highest BCUT2D eigenvalue weighted by atomic mass is 32.2. The van der Waals surface area contributed by atoms with Crippen LogP contribution in [0.4, 0.5) is 5.69 Å². The van der Waals surface area contributed by atoms with E-state index >= 15 is 0 Å². The molecule has 0 saturated heterocycles. The first-order chi connectivity index (χ1) is 4.93. The second-order valence-corrected chi connectivity index (χ2v) is 2.84. The average molecular weight is 153 g/mol. The van der Waals surface area contributed by atoms with Gasteiger partial charge in [0.2, 0.25) is 0 Å². The fourth-order valence-corrected chi connectivity index (χ4v) is 1.02. The smallest absolute Gasteiger partial charge is 0.0608 e. The normalized spacial score (nSPS) is 9.30. The number of thioether (sulfide) groups is 1. The lowest BCUT2D eigenvalue weighted by Gasteiger charge is -2.01. The number of anilines is 1. The number of hydrogen-bond donors (Lipinski definition) is 1. The molecule has 1 aromatic rings. The SMILES string of the molecule is CSCNc1ccccc1. The van der Waals surface area contributed by atoms with Crippen LogP contribution in [0.5, 0.6) is 0 Å². The molecule has 54 valence electrons. The van der Waals surface area contributed by atoms with Crippen LogP contribution in [0.3, 0.4) is 0 Å². The van der Waals surface area contributed by atoms with Gasteiger partial charge < -0.3 is 5.32 Å². The Bertz CT molecular complexity index is 174. The predicted octanol–water partition coefficient (Wildman–Crippen LogP) is 2.42. The van der Waals surface area contributed by atoms with E-state index in [1.165, 1.54) is 5.69 Å². The van der Waals surface area contributed by atoms with Crippen molar-refractivity contribution < 1.29 is 0 Å². The lowest BCUT2D eigenvalue weighted by molar-refractivity contribution is 1.47. The van der Waals surface area contributed by atoms with Crippen molar-refractivity contribution in [3.63, 3.8) is 0 Å². The van der Waals surface area contributed by atoms with Gasteiger partial charge in [-0.3, -0.25) is 0 Å². The van der Waals surface area contributed by atoms with Gasteiger partial charge in [0.05, 0.1) is 5.88 Å². The zero-order chi connectivity index (χ0) is 7.23. The quantitative estimate of drug-likeness (QED) is 0.669. The van der Waals surface area contributed by atoms with Crippen molar-refractivity contribution in [1.29, 1.82) is 0 Å². The molecule has 1 rings (SSSR count). The van der Waals surface area contributed by atoms with Crippen LogP contribution in [0.25, 0.3) is 0 Å². The second kappa shape index (κ2) is 4.23. The zero-order valence-corrected chi connectivity index (χ0v) is 6.82. The molecule has 10 heavy (non-hydrogen) atoms. The van der Waals surface area contributed by atoms with E-state index < -0.39 is 0 Å². The Labute approximate surface area is 65.8 Å². The minimum atomic E-state index is 0.976. The van der Waals surface area contributed by atoms with Gasteiger partial charge in [-0.2, -0.15) is 0 Å². The fourth-order valence-electron chi connectivity index (χ4n) is 0.712. The zero-order valence-electron chi connectivity index (χ0n) is 6.00. The summed E-state index contributed by atoms with van der Waals surface area (Å²) in [7, 11) is 0. The first-order valence-corrected chi connectivity index (χ1v) is 4.61. The van der Waals surface area contributed by atoms with Crippen molar-refractivity contribution in [2.75, 3.05) is 17.4 Å². The molecule has 0 saturated carbocycles. The third kappa shape index (κ3) is 2.31. The Morgan fingerprint density at radius 2 is 2.00 bits per heavy atom. The summed E-state index contributed by atoms with van der Waals surface area (Å²) in [6.07, 6.45) is 2.08. The van der Waals surface area contributed by atoms with Crippen molar-refractivity contribution in [3.8, 4) is 0 Å². The maximum absolute atomic E-state index is 3.26. The minimum absolute atomic E-state index is 0.976. The van der Waals surface area contributed by atoms with Gasteiger partial charge in [-0.15, -0.1) is 11.8 Å². The largest absolute Gasteiger partial charge is 0.376 e. The molecule has 0 aliphatic carbocycles. The van der Waals surface area contributed by atoms with Gasteiger partial charge in [0.25, 0.3) is 0 Å². The highest BCUT2D eigenvalue weighted by Gasteiger charge is 1.84. The van der Waals surface area contributed by atoms with Crippen LogP contribution in [0.2, 0.25) is 0 Å². The summed E-state index contributed by atoms with van der Waals surface area (Å²) in [6, 6.07) is 10.2. The number of nitrogens with one attached hydrogen (secondary N) is 1. The van der Waals surface area contributed by atoms with Crippen LogP contribution in [0, 0.1) is 0 Å². The molecule has 0 fully saturated rings. The van der Waals surface area contributed by atoms with Gasteiger partial charge >= 0.3 is 0 Å². The van der Waals surface area contributed by atoms with E-state index in [1.54, 1.807) is 11.8 Å². The molecule has 0 aliphatic rings. The van der Waals surface area contributed by atoms with Crippen LogP contribution in [-0.4, -0.2) is 12.1 Å². The van der Waals surface area contributed by atoms with Crippen LogP contribution in [0.15, 0.2) is 30.3 Å². The minimum Gasteiger partial charge on any atom is -0.376 e. The maximum atomic E-state index is 3.26. The number of benzene rings is 1. The van der Waals surface area contributed by atoms with Gasteiger partial charge in [0.1, 0.15) is 0 Å². The van der Waals surface area contributed by atoms with E-state index in [1.807, 2.05) is 18.2 Å². The summed E-state index contributed by atoms with van der Waals surface area (Å²) >= 11 is 1.79. The van der Waals surface area contributed by atoms with E-state index in [-0.39, 0.29) is 0 Å². The number of rotatable bonds is 3. The Balaban J connectivity index is 2.43. The second-order valence-electron chi connectivity index (χ2n) is 1.98. The van der Waals surface area contributed by atoms with Gasteiger partial charge in [0, 0.05) is 5.69 Å². The molecule has 1 nitrogen and oxygen atoms in total. The van der Waals surface area contributed by atoms with Gasteiger partial charge in [-0.1, -0.05) is 18.2 Å². The van der Waals surface area contributed by atoms with Crippen molar-refractivity contribution in [2.24, 2.45) is 0 Å². The summed E-state index contributed by atoms with van der Waals surface area (Å²) in [4.78, 5) is 0. The molecule has 0 unspecified atom stereocenters. The van der Waals surface area contributed by atoms with E-state index in [2.05, 4.69) is 23.7 Å². The van der Waals surface area contributed by atoms with E-state index in [0.29, 0.717) is 0 Å². The van der Waals surface area contributed by atoms with Crippen molar-refractivity contribution in [2.45, 2.75) is 0 Å². The highest BCUT2D eigenvalue weighted by molar-refractivity contribution is 7.98. The fraction of sp³-hybridized carbons (Fsp3) is 0.250. The predicted molar refractivity (Wildman–Crippen MR) is 48.4 cm³/mol. The van der Waals surface area contributed by atoms with Crippen LogP contribution in [0.1, 0.15) is 0 Å². The maximum Gasteiger partial charge on any atom is 0.0608 e. The lowest BCUT2D eigenvalue weighted by atomic mass is 10.3.